The molecule has 0 aromatic carbocycles. The molecule has 1 aliphatic rings. The fourth-order valence-electron chi connectivity index (χ4n) is 3.48. The zero-order valence-electron chi connectivity index (χ0n) is 16.5. The standard InChI is InChI=1S/C19H33N5O2/c1-5-23(6-2)16-8-12-24(14-16)19(20-4)22-11-7-10-21-18(25)17-15(3)9-13-26-17/h9,13,16H,5-8,10-12,14H2,1-4H3,(H,20,22)(H,21,25). The predicted molar refractivity (Wildman–Crippen MR) is 105 cm³/mol. The summed E-state index contributed by atoms with van der Waals surface area (Å²) in [5.74, 6) is 1.19. The SMILES string of the molecule is CCN(CC)C1CCN(C(=NC)NCCCNC(=O)c2occc2C)C1. The second kappa shape index (κ2) is 10.2. The topological polar surface area (TPSA) is 73.1 Å². The van der Waals surface area contributed by atoms with Crippen molar-refractivity contribution in [3.8, 4) is 0 Å². The quantitative estimate of drug-likeness (QED) is 0.418. The largest absolute Gasteiger partial charge is 0.459 e. The molecule has 1 unspecified atom stereocenters. The van der Waals surface area contributed by atoms with Gasteiger partial charge in [-0.3, -0.25) is 14.7 Å². The van der Waals surface area contributed by atoms with Gasteiger partial charge in [0.2, 0.25) is 0 Å². The van der Waals surface area contributed by atoms with Crippen LogP contribution in [0.2, 0.25) is 0 Å². The fraction of sp³-hybridized carbons (Fsp3) is 0.684. The molecule has 26 heavy (non-hydrogen) atoms. The van der Waals surface area contributed by atoms with Crippen LogP contribution >= 0.6 is 0 Å². The Labute approximate surface area is 156 Å². The van der Waals surface area contributed by atoms with Crippen molar-refractivity contribution in [1.82, 2.24) is 20.4 Å². The van der Waals surface area contributed by atoms with Gasteiger partial charge in [-0.2, -0.15) is 0 Å². The number of rotatable bonds is 8. The van der Waals surface area contributed by atoms with Crippen LogP contribution in [0.25, 0.3) is 0 Å². The minimum Gasteiger partial charge on any atom is -0.459 e. The van der Waals surface area contributed by atoms with Crippen LogP contribution in [0.15, 0.2) is 21.7 Å². The Morgan fingerprint density at radius 3 is 2.69 bits per heavy atom. The number of nitrogens with one attached hydrogen (secondary N) is 2. The summed E-state index contributed by atoms with van der Waals surface area (Å²) in [7, 11) is 1.83. The molecule has 1 amide bonds. The van der Waals surface area contributed by atoms with Crippen LogP contribution in [0.5, 0.6) is 0 Å². The summed E-state index contributed by atoms with van der Waals surface area (Å²) >= 11 is 0. The van der Waals surface area contributed by atoms with E-state index in [2.05, 4.69) is 39.3 Å². The molecule has 2 rings (SSSR count). The number of likely N-dealkylation sites (tertiary alicyclic amines) is 1. The smallest absolute Gasteiger partial charge is 0.287 e. The predicted octanol–water partition coefficient (Wildman–Crippen LogP) is 1.70. The minimum atomic E-state index is -0.154. The molecular weight excluding hydrogens is 330 g/mol. The van der Waals surface area contributed by atoms with Crippen molar-refractivity contribution in [3.05, 3.63) is 23.7 Å². The minimum absolute atomic E-state index is 0.154. The first-order valence-electron chi connectivity index (χ1n) is 9.62. The van der Waals surface area contributed by atoms with E-state index in [4.69, 9.17) is 4.42 Å². The van der Waals surface area contributed by atoms with Crippen molar-refractivity contribution in [2.75, 3.05) is 46.3 Å². The Bertz CT molecular complexity index is 595. The number of carbonyl (C=O) groups is 1. The molecule has 1 aliphatic heterocycles. The summed E-state index contributed by atoms with van der Waals surface area (Å²) in [5, 5.41) is 6.30. The molecule has 7 heteroatoms. The van der Waals surface area contributed by atoms with E-state index in [0.717, 1.165) is 50.7 Å². The van der Waals surface area contributed by atoms with Gasteiger partial charge in [-0.05, 0) is 38.9 Å². The lowest BCUT2D eigenvalue weighted by atomic mass is 10.2. The van der Waals surface area contributed by atoms with E-state index in [1.165, 1.54) is 12.7 Å². The highest BCUT2D eigenvalue weighted by Crippen LogP contribution is 2.15. The maximum absolute atomic E-state index is 12.0. The highest BCUT2D eigenvalue weighted by molar-refractivity contribution is 5.92. The molecule has 1 aromatic heterocycles. The molecule has 0 saturated carbocycles. The molecule has 2 heterocycles. The van der Waals surface area contributed by atoms with Gasteiger partial charge >= 0.3 is 0 Å². The van der Waals surface area contributed by atoms with Crippen LogP contribution < -0.4 is 10.6 Å². The Hall–Kier alpha value is -2.02. The molecule has 0 bridgehead atoms. The molecular formula is C19H33N5O2. The lowest BCUT2D eigenvalue weighted by Crippen LogP contribution is -2.43. The third-order valence-electron chi connectivity index (χ3n) is 4.99. The molecule has 0 radical (unpaired) electrons. The lowest BCUT2D eigenvalue weighted by molar-refractivity contribution is 0.0925. The molecule has 7 nitrogen and oxygen atoms in total. The highest BCUT2D eigenvalue weighted by Gasteiger charge is 2.27. The van der Waals surface area contributed by atoms with Crippen molar-refractivity contribution in [2.24, 2.45) is 4.99 Å². The molecule has 0 spiro atoms. The van der Waals surface area contributed by atoms with Gasteiger partial charge < -0.3 is 20.0 Å². The summed E-state index contributed by atoms with van der Waals surface area (Å²) < 4.78 is 5.20. The molecule has 1 saturated heterocycles. The normalized spacial score (nSPS) is 17.8. The Morgan fingerprint density at radius 1 is 1.35 bits per heavy atom. The highest BCUT2D eigenvalue weighted by atomic mass is 16.3. The second-order valence-corrected chi connectivity index (χ2v) is 6.63. The number of guanidine groups is 1. The Kier molecular flexibility index (Phi) is 7.97. The van der Waals surface area contributed by atoms with Crippen molar-refractivity contribution in [2.45, 2.75) is 39.7 Å². The van der Waals surface area contributed by atoms with Crippen LogP contribution in [0.4, 0.5) is 0 Å². The second-order valence-electron chi connectivity index (χ2n) is 6.63. The lowest BCUT2D eigenvalue weighted by Gasteiger charge is -2.27. The zero-order chi connectivity index (χ0) is 18.9. The average Bonchev–Trinajstić information content (AvgIpc) is 3.28. The fourth-order valence-corrected chi connectivity index (χ4v) is 3.48. The van der Waals surface area contributed by atoms with Crippen molar-refractivity contribution in [3.63, 3.8) is 0 Å². The van der Waals surface area contributed by atoms with Gasteiger partial charge in [0, 0.05) is 44.8 Å². The van der Waals surface area contributed by atoms with Gasteiger partial charge in [-0.25, -0.2) is 0 Å². The van der Waals surface area contributed by atoms with Crippen LogP contribution in [0, 0.1) is 6.92 Å². The van der Waals surface area contributed by atoms with E-state index in [1.54, 1.807) is 6.07 Å². The monoisotopic (exact) mass is 363 g/mol. The Balaban J connectivity index is 1.68. The van der Waals surface area contributed by atoms with Gasteiger partial charge in [0.25, 0.3) is 5.91 Å². The summed E-state index contributed by atoms with van der Waals surface area (Å²) in [6.07, 6.45) is 3.55. The van der Waals surface area contributed by atoms with Crippen LogP contribution in [-0.2, 0) is 0 Å². The molecule has 146 valence electrons. The van der Waals surface area contributed by atoms with Crippen molar-refractivity contribution < 1.29 is 9.21 Å². The number of hydrogen-bond donors (Lipinski definition) is 2. The van der Waals surface area contributed by atoms with E-state index in [-0.39, 0.29) is 5.91 Å². The number of nitrogens with zero attached hydrogens (tertiary/aromatic N) is 3. The number of aliphatic imine (C=N–C) groups is 1. The van der Waals surface area contributed by atoms with E-state index < -0.39 is 0 Å². The van der Waals surface area contributed by atoms with E-state index in [0.29, 0.717) is 18.3 Å². The van der Waals surface area contributed by atoms with Gasteiger partial charge in [0.1, 0.15) is 0 Å². The number of hydrogen-bond acceptors (Lipinski definition) is 4. The van der Waals surface area contributed by atoms with E-state index >= 15 is 0 Å². The molecule has 2 N–H and O–H groups in total. The number of furan rings is 1. The summed E-state index contributed by atoms with van der Waals surface area (Å²) in [6, 6.07) is 2.40. The van der Waals surface area contributed by atoms with Crippen molar-refractivity contribution in [1.29, 1.82) is 0 Å². The third-order valence-corrected chi connectivity index (χ3v) is 4.99. The van der Waals surface area contributed by atoms with Crippen LogP contribution in [0.1, 0.15) is 42.8 Å². The molecule has 1 fully saturated rings. The van der Waals surface area contributed by atoms with Gasteiger partial charge in [0.15, 0.2) is 11.7 Å². The van der Waals surface area contributed by atoms with Crippen LogP contribution in [-0.4, -0.2) is 74.0 Å². The average molecular weight is 364 g/mol. The third kappa shape index (κ3) is 5.24. The van der Waals surface area contributed by atoms with E-state index in [9.17, 15) is 4.79 Å². The first-order valence-corrected chi connectivity index (χ1v) is 9.62. The van der Waals surface area contributed by atoms with Gasteiger partial charge in [-0.1, -0.05) is 13.8 Å². The number of amides is 1. The number of carbonyl (C=O) groups excluding carboxylic acids is 1. The zero-order valence-corrected chi connectivity index (χ0v) is 16.5. The maximum atomic E-state index is 12.0. The summed E-state index contributed by atoms with van der Waals surface area (Å²) in [4.78, 5) is 21.2. The van der Waals surface area contributed by atoms with E-state index in [1.807, 2.05) is 14.0 Å². The number of likely N-dealkylation sites (N-methyl/N-ethyl adjacent to an activating group) is 1. The first kappa shape index (κ1) is 20.3. The van der Waals surface area contributed by atoms with Gasteiger partial charge in [-0.15, -0.1) is 0 Å². The molecule has 1 atom stereocenters. The van der Waals surface area contributed by atoms with Gasteiger partial charge in [0.05, 0.1) is 6.26 Å². The Morgan fingerprint density at radius 2 is 2.08 bits per heavy atom. The molecule has 1 aromatic rings. The van der Waals surface area contributed by atoms with Crippen molar-refractivity contribution >= 4 is 11.9 Å². The summed E-state index contributed by atoms with van der Waals surface area (Å²) in [5.41, 5.74) is 0.859. The number of aryl methyl sites for hydroxylation is 1. The maximum Gasteiger partial charge on any atom is 0.287 e. The first-order chi connectivity index (χ1) is 12.6. The van der Waals surface area contributed by atoms with Crippen LogP contribution in [0.3, 0.4) is 0 Å². The molecule has 0 aliphatic carbocycles. The summed E-state index contributed by atoms with van der Waals surface area (Å²) in [6.45, 7) is 11.9.